The van der Waals surface area contributed by atoms with Crippen LogP contribution in [0.1, 0.15) is 39.5 Å². The van der Waals surface area contributed by atoms with Crippen molar-refractivity contribution in [2.75, 3.05) is 11.1 Å². The number of pyridine rings is 1. The van der Waals surface area contributed by atoms with E-state index in [1.807, 2.05) is 31.2 Å². The van der Waals surface area contributed by atoms with Crippen LogP contribution in [-0.2, 0) is 11.2 Å². The van der Waals surface area contributed by atoms with E-state index in [9.17, 15) is 9.59 Å². The summed E-state index contributed by atoms with van der Waals surface area (Å²) in [6.07, 6.45) is 2.55. The van der Waals surface area contributed by atoms with Crippen LogP contribution in [0.25, 0.3) is 0 Å². The Balaban J connectivity index is 1.58. The van der Waals surface area contributed by atoms with Gasteiger partial charge in [0.1, 0.15) is 5.82 Å². The highest BCUT2D eigenvalue weighted by Gasteiger charge is 2.16. The van der Waals surface area contributed by atoms with E-state index in [2.05, 4.69) is 10.3 Å². The molecular weight excluding hydrogens is 364 g/mol. The fraction of sp³-hybridized carbons (Fsp3) is 0.174. The maximum absolute atomic E-state index is 12.5. The van der Waals surface area contributed by atoms with Gasteiger partial charge in [0.25, 0.3) is 5.91 Å². The Morgan fingerprint density at radius 2 is 1.72 bits per heavy atom. The second-order valence-electron chi connectivity index (χ2n) is 6.98. The Morgan fingerprint density at radius 3 is 2.38 bits per heavy atom. The number of nitrogens with two attached hydrogens (primary N) is 2. The Labute approximate surface area is 170 Å². The number of hydrogen-bond donors (Lipinski definition) is 3. The van der Waals surface area contributed by atoms with Gasteiger partial charge < -0.3 is 16.8 Å². The first-order valence-electron chi connectivity index (χ1n) is 9.39. The number of carbonyl (C=O) groups excluding carboxylic acids is 2. The van der Waals surface area contributed by atoms with Gasteiger partial charge in [0, 0.05) is 29.9 Å². The number of aryl methyl sites for hydroxylation is 2. The average Bonchev–Trinajstić information content (AvgIpc) is 2.72. The molecular formula is C23H24N4O2. The number of carbonyl (C=O) groups is 2. The van der Waals surface area contributed by atoms with Crippen molar-refractivity contribution in [2.45, 2.75) is 25.8 Å². The van der Waals surface area contributed by atoms with Crippen molar-refractivity contribution in [2.24, 2.45) is 5.73 Å². The summed E-state index contributed by atoms with van der Waals surface area (Å²) >= 11 is 0. The average molecular weight is 388 g/mol. The normalized spacial score (nSPS) is 11.7. The lowest BCUT2D eigenvalue weighted by molar-refractivity contribution is -0.120. The van der Waals surface area contributed by atoms with Crippen LogP contribution in [0.3, 0.4) is 0 Å². The zero-order valence-electron chi connectivity index (χ0n) is 16.3. The lowest BCUT2D eigenvalue weighted by Gasteiger charge is -2.12. The lowest BCUT2D eigenvalue weighted by Crippen LogP contribution is -2.22. The summed E-state index contributed by atoms with van der Waals surface area (Å²) in [6, 6.07) is 17.4. The lowest BCUT2D eigenvalue weighted by atomic mass is 9.97. The van der Waals surface area contributed by atoms with Crippen LogP contribution in [-0.4, -0.2) is 16.7 Å². The van der Waals surface area contributed by atoms with Crippen molar-refractivity contribution in [1.29, 1.82) is 0 Å². The van der Waals surface area contributed by atoms with E-state index in [-0.39, 0.29) is 11.7 Å². The Bertz CT molecular complexity index is 998. The number of amides is 1. The number of benzene rings is 2. The molecule has 148 valence electrons. The van der Waals surface area contributed by atoms with Crippen LogP contribution in [0.5, 0.6) is 0 Å². The highest BCUT2D eigenvalue weighted by Crippen LogP contribution is 2.17. The largest absolute Gasteiger partial charge is 0.384 e. The summed E-state index contributed by atoms with van der Waals surface area (Å²) < 4.78 is 0. The van der Waals surface area contributed by atoms with E-state index in [1.165, 1.54) is 11.8 Å². The molecule has 0 bridgehead atoms. The predicted octanol–water partition coefficient (Wildman–Crippen LogP) is 3.43. The van der Waals surface area contributed by atoms with Crippen molar-refractivity contribution in [1.82, 2.24) is 4.98 Å². The van der Waals surface area contributed by atoms with Crippen LogP contribution in [0, 0.1) is 6.92 Å². The molecule has 1 atom stereocenters. The third kappa shape index (κ3) is 5.49. The standard InChI is InChI=1S/C23H24N4O2/c1-15-2-4-16(5-3-15)6-11-20(28)22(25)17-7-9-18(10-8-17)23(29)27-19-12-13-26-21(24)14-19/h2-5,7-10,12-14,22H,6,11,25H2,1H3,(H3,24,26,27,29). The van der Waals surface area contributed by atoms with E-state index in [4.69, 9.17) is 11.5 Å². The number of nitrogen functional groups attached to an aromatic ring is 1. The van der Waals surface area contributed by atoms with Gasteiger partial charge in [0.05, 0.1) is 6.04 Å². The maximum Gasteiger partial charge on any atom is 0.255 e. The third-order valence-electron chi connectivity index (χ3n) is 4.70. The number of anilines is 2. The molecule has 0 radical (unpaired) electrons. The van der Waals surface area contributed by atoms with Crippen molar-refractivity contribution < 1.29 is 9.59 Å². The molecule has 6 nitrogen and oxygen atoms in total. The minimum Gasteiger partial charge on any atom is -0.384 e. The molecule has 1 aromatic heterocycles. The topological polar surface area (TPSA) is 111 Å². The van der Waals surface area contributed by atoms with Crippen LogP contribution < -0.4 is 16.8 Å². The highest BCUT2D eigenvalue weighted by molar-refractivity contribution is 6.04. The van der Waals surface area contributed by atoms with E-state index in [0.29, 0.717) is 35.5 Å². The van der Waals surface area contributed by atoms with Gasteiger partial charge in [0.2, 0.25) is 0 Å². The second-order valence-corrected chi connectivity index (χ2v) is 6.98. The van der Waals surface area contributed by atoms with Gasteiger partial charge in [0.15, 0.2) is 5.78 Å². The van der Waals surface area contributed by atoms with Gasteiger partial charge in [-0.05, 0) is 42.7 Å². The number of nitrogens with one attached hydrogen (secondary N) is 1. The molecule has 0 saturated heterocycles. The van der Waals surface area contributed by atoms with Crippen molar-refractivity contribution in [3.63, 3.8) is 0 Å². The highest BCUT2D eigenvalue weighted by atomic mass is 16.1. The van der Waals surface area contributed by atoms with E-state index < -0.39 is 6.04 Å². The molecule has 2 aromatic carbocycles. The van der Waals surface area contributed by atoms with Crippen molar-refractivity contribution in [3.8, 4) is 0 Å². The van der Waals surface area contributed by atoms with Gasteiger partial charge in [-0.25, -0.2) is 4.98 Å². The summed E-state index contributed by atoms with van der Waals surface area (Å²) in [5.41, 5.74) is 15.7. The number of aromatic nitrogens is 1. The fourth-order valence-corrected chi connectivity index (χ4v) is 2.93. The summed E-state index contributed by atoms with van der Waals surface area (Å²) in [7, 11) is 0. The SMILES string of the molecule is Cc1ccc(CCC(=O)C(N)c2ccc(C(=O)Nc3ccnc(N)c3)cc2)cc1. The van der Waals surface area contributed by atoms with Crippen LogP contribution in [0.15, 0.2) is 66.9 Å². The quantitative estimate of drug-likeness (QED) is 0.574. The molecule has 0 saturated carbocycles. The molecule has 1 amide bonds. The second kappa shape index (κ2) is 9.12. The minimum atomic E-state index is -0.711. The van der Waals surface area contributed by atoms with Crippen molar-refractivity contribution >= 4 is 23.2 Å². The molecule has 1 heterocycles. The zero-order valence-corrected chi connectivity index (χ0v) is 16.3. The van der Waals surface area contributed by atoms with E-state index >= 15 is 0 Å². The molecule has 0 aliphatic rings. The fourth-order valence-electron chi connectivity index (χ4n) is 2.93. The first-order chi connectivity index (χ1) is 13.9. The molecule has 3 aromatic rings. The molecule has 1 unspecified atom stereocenters. The minimum absolute atomic E-state index is 0.0324. The molecule has 6 heteroatoms. The first-order valence-corrected chi connectivity index (χ1v) is 9.39. The van der Waals surface area contributed by atoms with Gasteiger partial charge in [-0.15, -0.1) is 0 Å². The van der Waals surface area contributed by atoms with Gasteiger partial charge in [-0.3, -0.25) is 9.59 Å². The summed E-state index contributed by atoms with van der Waals surface area (Å²) in [4.78, 5) is 28.7. The zero-order chi connectivity index (χ0) is 20.8. The number of ketones is 1. The molecule has 29 heavy (non-hydrogen) atoms. The maximum atomic E-state index is 12.5. The van der Waals surface area contributed by atoms with Crippen LogP contribution >= 0.6 is 0 Å². The molecule has 5 N–H and O–H groups in total. The summed E-state index contributed by atoms with van der Waals surface area (Å²) in [5.74, 6) is 0.0183. The predicted molar refractivity (Wildman–Crippen MR) is 114 cm³/mol. The Morgan fingerprint density at radius 1 is 1.03 bits per heavy atom. The molecule has 0 aliphatic heterocycles. The number of Topliss-reactive ketones (excluding diaryl/α,β-unsaturated/α-hetero) is 1. The first kappa shape index (κ1) is 20.2. The van der Waals surface area contributed by atoms with E-state index in [1.54, 1.807) is 36.4 Å². The number of rotatable bonds is 7. The van der Waals surface area contributed by atoms with Crippen molar-refractivity contribution in [3.05, 3.63) is 89.1 Å². The molecule has 0 aliphatic carbocycles. The van der Waals surface area contributed by atoms with Gasteiger partial charge in [-0.2, -0.15) is 0 Å². The van der Waals surface area contributed by atoms with Gasteiger partial charge >= 0.3 is 0 Å². The Kier molecular flexibility index (Phi) is 6.36. The van der Waals surface area contributed by atoms with Crippen LogP contribution in [0.4, 0.5) is 11.5 Å². The van der Waals surface area contributed by atoms with Gasteiger partial charge in [-0.1, -0.05) is 42.0 Å². The monoisotopic (exact) mass is 388 g/mol. The summed E-state index contributed by atoms with van der Waals surface area (Å²) in [6.45, 7) is 2.03. The molecule has 3 rings (SSSR count). The number of hydrogen-bond acceptors (Lipinski definition) is 5. The number of nitrogens with zero attached hydrogens (tertiary/aromatic N) is 1. The Hall–Kier alpha value is -3.51. The molecule has 0 spiro atoms. The summed E-state index contributed by atoms with van der Waals surface area (Å²) in [5, 5.41) is 2.76. The van der Waals surface area contributed by atoms with Crippen LogP contribution in [0.2, 0.25) is 0 Å². The smallest absolute Gasteiger partial charge is 0.255 e. The van der Waals surface area contributed by atoms with E-state index in [0.717, 1.165) is 5.56 Å². The molecule has 0 fully saturated rings. The third-order valence-corrected chi connectivity index (χ3v) is 4.70.